The van der Waals surface area contributed by atoms with E-state index in [9.17, 15) is 9.50 Å². The van der Waals surface area contributed by atoms with Crippen molar-refractivity contribution < 1.29 is 9.50 Å². The number of aromatic hydroxyl groups is 1. The summed E-state index contributed by atoms with van der Waals surface area (Å²) in [6.45, 7) is 5.54. The molecule has 3 nitrogen and oxygen atoms in total. The van der Waals surface area contributed by atoms with Gasteiger partial charge in [-0.15, -0.1) is 0 Å². The lowest BCUT2D eigenvalue weighted by atomic mass is 10.0. The molecule has 0 amide bonds. The molecule has 1 aliphatic rings. The normalized spacial score (nSPS) is 19.2. The predicted molar refractivity (Wildman–Crippen MR) is 65.9 cm³/mol. The quantitative estimate of drug-likeness (QED) is 0.853. The van der Waals surface area contributed by atoms with Crippen LogP contribution >= 0.6 is 11.6 Å². The van der Waals surface area contributed by atoms with Crippen molar-refractivity contribution in [1.82, 2.24) is 10.2 Å². The third-order valence-corrected chi connectivity index (χ3v) is 3.50. The lowest BCUT2D eigenvalue weighted by Gasteiger charge is -2.33. The van der Waals surface area contributed by atoms with Crippen molar-refractivity contribution in [3.8, 4) is 5.75 Å². The van der Waals surface area contributed by atoms with Gasteiger partial charge in [-0.1, -0.05) is 11.6 Å². The average molecular weight is 259 g/mol. The number of piperazine rings is 1. The van der Waals surface area contributed by atoms with Crippen molar-refractivity contribution in [3.05, 3.63) is 28.5 Å². The van der Waals surface area contributed by atoms with Gasteiger partial charge in [-0.2, -0.15) is 0 Å². The van der Waals surface area contributed by atoms with Crippen molar-refractivity contribution in [1.29, 1.82) is 0 Å². The number of rotatable bonds is 2. The molecule has 0 aliphatic carbocycles. The second-order valence-electron chi connectivity index (χ2n) is 4.29. The van der Waals surface area contributed by atoms with E-state index in [0.29, 0.717) is 5.56 Å². The number of hydrogen-bond acceptors (Lipinski definition) is 3. The van der Waals surface area contributed by atoms with Crippen LogP contribution in [0.3, 0.4) is 0 Å². The maximum atomic E-state index is 13.3. The highest BCUT2D eigenvalue weighted by atomic mass is 35.5. The van der Waals surface area contributed by atoms with Crippen LogP contribution in [-0.2, 0) is 0 Å². The maximum absolute atomic E-state index is 13.3. The molecule has 1 saturated heterocycles. The number of nitrogens with one attached hydrogen (secondary N) is 1. The van der Waals surface area contributed by atoms with E-state index in [4.69, 9.17) is 11.6 Å². The van der Waals surface area contributed by atoms with E-state index in [1.807, 2.05) is 6.92 Å². The van der Waals surface area contributed by atoms with Gasteiger partial charge in [0.1, 0.15) is 11.6 Å². The molecular weight excluding hydrogens is 243 g/mol. The molecule has 0 aromatic heterocycles. The van der Waals surface area contributed by atoms with Crippen molar-refractivity contribution in [2.45, 2.75) is 13.0 Å². The predicted octanol–water partition coefficient (Wildman–Crippen LogP) is 2.15. The molecule has 1 heterocycles. The van der Waals surface area contributed by atoms with Crippen LogP contribution in [0.15, 0.2) is 12.1 Å². The molecule has 94 valence electrons. The lowest BCUT2D eigenvalue weighted by Crippen LogP contribution is -2.44. The molecule has 0 unspecified atom stereocenters. The van der Waals surface area contributed by atoms with E-state index in [0.717, 1.165) is 32.2 Å². The van der Waals surface area contributed by atoms with E-state index in [1.54, 1.807) is 0 Å². The fourth-order valence-corrected chi connectivity index (χ4v) is 2.38. The van der Waals surface area contributed by atoms with Gasteiger partial charge < -0.3 is 10.4 Å². The van der Waals surface area contributed by atoms with Gasteiger partial charge in [-0.05, 0) is 19.1 Å². The van der Waals surface area contributed by atoms with E-state index in [2.05, 4.69) is 10.2 Å². The summed E-state index contributed by atoms with van der Waals surface area (Å²) >= 11 is 5.78. The molecule has 5 heteroatoms. The van der Waals surface area contributed by atoms with Gasteiger partial charge in [0.05, 0.1) is 5.02 Å². The molecule has 2 N–H and O–H groups in total. The topological polar surface area (TPSA) is 35.5 Å². The highest BCUT2D eigenvalue weighted by Gasteiger charge is 2.22. The summed E-state index contributed by atoms with van der Waals surface area (Å²) in [5.41, 5.74) is 0.553. The Morgan fingerprint density at radius 3 is 2.71 bits per heavy atom. The molecule has 1 atom stereocenters. The van der Waals surface area contributed by atoms with Crippen molar-refractivity contribution in [3.63, 3.8) is 0 Å². The summed E-state index contributed by atoms with van der Waals surface area (Å²) in [5.74, 6) is -0.427. The van der Waals surface area contributed by atoms with Crippen molar-refractivity contribution in [2.75, 3.05) is 26.2 Å². The van der Waals surface area contributed by atoms with Crippen LogP contribution in [0.25, 0.3) is 0 Å². The Kier molecular flexibility index (Phi) is 3.86. The van der Waals surface area contributed by atoms with Gasteiger partial charge in [0.25, 0.3) is 0 Å². The maximum Gasteiger partial charge on any atom is 0.139 e. The Morgan fingerprint density at radius 1 is 1.41 bits per heavy atom. The van der Waals surface area contributed by atoms with Crippen LogP contribution < -0.4 is 5.32 Å². The zero-order chi connectivity index (χ0) is 12.4. The molecule has 0 radical (unpaired) electrons. The fourth-order valence-electron chi connectivity index (χ4n) is 2.17. The minimum absolute atomic E-state index is 0.0147. The minimum Gasteiger partial charge on any atom is -0.506 e. The van der Waals surface area contributed by atoms with Crippen LogP contribution in [-0.4, -0.2) is 36.2 Å². The largest absolute Gasteiger partial charge is 0.506 e. The Balaban J connectivity index is 2.26. The van der Waals surface area contributed by atoms with E-state index in [-0.39, 0.29) is 16.8 Å². The fraction of sp³-hybridized carbons (Fsp3) is 0.500. The summed E-state index contributed by atoms with van der Waals surface area (Å²) < 4.78 is 13.3. The molecule has 1 aromatic rings. The van der Waals surface area contributed by atoms with Crippen LogP contribution in [0.5, 0.6) is 5.75 Å². The number of phenols is 1. The number of nitrogens with zero attached hydrogens (tertiary/aromatic N) is 1. The summed E-state index contributed by atoms with van der Waals surface area (Å²) in [5, 5.41) is 13.2. The zero-order valence-corrected chi connectivity index (χ0v) is 10.5. The Bertz CT molecular complexity index is 408. The Morgan fingerprint density at radius 2 is 2.06 bits per heavy atom. The first kappa shape index (κ1) is 12.6. The molecule has 1 fully saturated rings. The van der Waals surface area contributed by atoms with Gasteiger partial charge in [0, 0.05) is 37.8 Å². The standard InChI is InChI=1S/C12H16ClFN2O/c1-8(16-4-2-15-3-5-16)10-6-9(14)7-11(13)12(10)17/h6-8,15,17H,2-5H2,1H3/t8-/m0/s1. The van der Waals surface area contributed by atoms with Crippen LogP contribution in [0.4, 0.5) is 4.39 Å². The number of benzene rings is 1. The summed E-state index contributed by atoms with van der Waals surface area (Å²) in [4.78, 5) is 2.20. The van der Waals surface area contributed by atoms with E-state index >= 15 is 0 Å². The first-order chi connectivity index (χ1) is 8.09. The molecule has 17 heavy (non-hydrogen) atoms. The smallest absolute Gasteiger partial charge is 0.139 e. The van der Waals surface area contributed by atoms with E-state index in [1.165, 1.54) is 6.07 Å². The van der Waals surface area contributed by atoms with Gasteiger partial charge in [0.2, 0.25) is 0 Å². The highest BCUT2D eigenvalue weighted by molar-refractivity contribution is 6.32. The SMILES string of the molecule is C[C@@H](c1cc(F)cc(Cl)c1O)N1CCNCC1. The number of hydrogen-bond donors (Lipinski definition) is 2. The second-order valence-corrected chi connectivity index (χ2v) is 4.69. The molecule has 0 spiro atoms. The van der Waals surface area contributed by atoms with Crippen LogP contribution in [0.2, 0.25) is 5.02 Å². The number of halogens is 2. The molecule has 0 saturated carbocycles. The highest BCUT2D eigenvalue weighted by Crippen LogP contribution is 2.35. The summed E-state index contributed by atoms with van der Waals surface area (Å²) in [6, 6.07) is 2.45. The zero-order valence-electron chi connectivity index (χ0n) is 9.71. The third kappa shape index (κ3) is 2.70. The Hall–Kier alpha value is -0.840. The van der Waals surface area contributed by atoms with Crippen LogP contribution in [0, 0.1) is 5.82 Å². The van der Waals surface area contributed by atoms with Gasteiger partial charge >= 0.3 is 0 Å². The average Bonchev–Trinajstić information content (AvgIpc) is 2.34. The monoisotopic (exact) mass is 258 g/mol. The van der Waals surface area contributed by atoms with Gasteiger partial charge in [-0.25, -0.2) is 4.39 Å². The van der Waals surface area contributed by atoms with Gasteiger partial charge in [-0.3, -0.25) is 4.90 Å². The lowest BCUT2D eigenvalue weighted by molar-refractivity contribution is 0.182. The molecule has 2 rings (SSSR count). The van der Waals surface area contributed by atoms with Crippen molar-refractivity contribution in [2.24, 2.45) is 0 Å². The molecule has 1 aromatic carbocycles. The Labute approximate surface area is 105 Å². The summed E-state index contributed by atoms with van der Waals surface area (Å²) in [6.07, 6.45) is 0. The van der Waals surface area contributed by atoms with Crippen molar-refractivity contribution >= 4 is 11.6 Å². The first-order valence-corrected chi connectivity index (χ1v) is 6.10. The molecule has 0 bridgehead atoms. The second kappa shape index (κ2) is 5.21. The third-order valence-electron chi connectivity index (χ3n) is 3.21. The summed E-state index contributed by atoms with van der Waals surface area (Å²) in [7, 11) is 0. The molecular formula is C12H16ClFN2O. The minimum atomic E-state index is -0.412. The van der Waals surface area contributed by atoms with Gasteiger partial charge in [0.15, 0.2) is 0 Å². The molecule has 1 aliphatic heterocycles. The van der Waals surface area contributed by atoms with Crippen LogP contribution in [0.1, 0.15) is 18.5 Å². The number of phenolic OH excluding ortho intramolecular Hbond substituents is 1. The van der Waals surface area contributed by atoms with E-state index < -0.39 is 5.82 Å². The first-order valence-electron chi connectivity index (χ1n) is 5.72.